The van der Waals surface area contributed by atoms with Crippen LogP contribution >= 0.6 is 0 Å². The zero-order valence-electron chi connectivity index (χ0n) is 21.2. The molecule has 0 unspecified atom stereocenters. The summed E-state index contributed by atoms with van der Waals surface area (Å²) in [6.45, 7) is 6.92. The molecule has 0 radical (unpaired) electrons. The summed E-state index contributed by atoms with van der Waals surface area (Å²) in [5.41, 5.74) is 3.83. The Kier molecular flexibility index (Phi) is 14.0. The molecule has 0 amide bonds. The van der Waals surface area contributed by atoms with Crippen LogP contribution in [-0.2, 0) is 12.8 Å². The molecule has 2 nitrogen and oxygen atoms in total. The van der Waals surface area contributed by atoms with Gasteiger partial charge in [0.1, 0.15) is 0 Å². The molecule has 0 aliphatic heterocycles. The van der Waals surface area contributed by atoms with Gasteiger partial charge in [0.05, 0.1) is 0 Å². The predicted octanol–water partition coefficient (Wildman–Crippen LogP) is 9.37. The molecule has 1 aromatic carbocycles. The number of hydrogen-bond acceptors (Lipinski definition) is 2. The van der Waals surface area contributed by atoms with E-state index < -0.39 is 0 Å². The van der Waals surface area contributed by atoms with Crippen LogP contribution < -0.4 is 0 Å². The van der Waals surface area contributed by atoms with Gasteiger partial charge in [-0.2, -0.15) is 0 Å². The number of benzene rings is 1. The lowest BCUT2D eigenvalue weighted by molar-refractivity contribution is 0.509. The first-order valence-electron chi connectivity index (χ1n) is 13.6. The van der Waals surface area contributed by atoms with E-state index in [0.29, 0.717) is 0 Å². The zero-order valence-corrected chi connectivity index (χ0v) is 21.2. The smallest absolute Gasteiger partial charge is 0.159 e. The van der Waals surface area contributed by atoms with E-state index in [1.165, 1.54) is 107 Å². The van der Waals surface area contributed by atoms with E-state index in [2.05, 4.69) is 55.0 Å². The molecule has 0 fully saturated rings. The molecule has 2 heteroatoms. The average Bonchev–Trinajstić information content (AvgIpc) is 2.81. The van der Waals surface area contributed by atoms with Gasteiger partial charge in [-0.1, -0.05) is 122 Å². The largest absolute Gasteiger partial charge is 0.236 e. The second kappa shape index (κ2) is 16.9. The van der Waals surface area contributed by atoms with Gasteiger partial charge in [0, 0.05) is 18.0 Å². The Balaban J connectivity index is 1.60. The van der Waals surface area contributed by atoms with Gasteiger partial charge in [-0.25, -0.2) is 9.97 Å². The van der Waals surface area contributed by atoms with E-state index in [1.54, 1.807) is 0 Å². The van der Waals surface area contributed by atoms with Crippen LogP contribution in [0.4, 0.5) is 0 Å². The molecule has 0 spiro atoms. The van der Waals surface area contributed by atoms with E-state index >= 15 is 0 Å². The molecule has 0 aliphatic carbocycles. The minimum Gasteiger partial charge on any atom is -0.236 e. The Morgan fingerprint density at radius 1 is 0.594 bits per heavy atom. The Morgan fingerprint density at radius 2 is 1.09 bits per heavy atom. The Bertz CT molecular complexity index is 688. The summed E-state index contributed by atoms with van der Waals surface area (Å²) < 4.78 is 0. The SMILES string of the molecule is CCCCCCCCc1ccc(-c2ncc(CCCCCCCCCC(C)C)cn2)cc1. The van der Waals surface area contributed by atoms with Gasteiger partial charge in [-0.15, -0.1) is 0 Å². The van der Waals surface area contributed by atoms with Crippen LogP contribution in [0.5, 0.6) is 0 Å². The van der Waals surface area contributed by atoms with Gasteiger partial charge in [-0.05, 0) is 42.7 Å². The molecule has 1 aromatic heterocycles. The minimum absolute atomic E-state index is 0.848. The molecule has 178 valence electrons. The van der Waals surface area contributed by atoms with Crippen LogP contribution in [0.15, 0.2) is 36.7 Å². The molecule has 0 N–H and O–H groups in total. The van der Waals surface area contributed by atoms with Gasteiger partial charge in [0.25, 0.3) is 0 Å². The summed E-state index contributed by atoms with van der Waals surface area (Å²) in [7, 11) is 0. The van der Waals surface area contributed by atoms with Gasteiger partial charge in [-0.3, -0.25) is 0 Å². The third kappa shape index (κ3) is 11.8. The van der Waals surface area contributed by atoms with Crippen molar-refractivity contribution in [1.82, 2.24) is 9.97 Å². The van der Waals surface area contributed by atoms with Crippen LogP contribution in [-0.4, -0.2) is 9.97 Å². The van der Waals surface area contributed by atoms with Crippen molar-refractivity contribution in [1.29, 1.82) is 0 Å². The van der Waals surface area contributed by atoms with Gasteiger partial charge in [0.15, 0.2) is 5.82 Å². The van der Waals surface area contributed by atoms with Crippen molar-refractivity contribution >= 4 is 0 Å². The Hall–Kier alpha value is -1.70. The van der Waals surface area contributed by atoms with Crippen LogP contribution in [0.2, 0.25) is 0 Å². The van der Waals surface area contributed by atoms with Crippen LogP contribution in [0.25, 0.3) is 11.4 Å². The van der Waals surface area contributed by atoms with Crippen molar-refractivity contribution in [2.75, 3.05) is 0 Å². The molecule has 0 saturated heterocycles. The maximum atomic E-state index is 4.63. The first kappa shape index (κ1) is 26.6. The summed E-state index contributed by atoms with van der Waals surface area (Å²) in [5.74, 6) is 1.71. The molecule has 1 heterocycles. The standard InChI is InChI=1S/C30H48N2/c1-4-5-6-7-12-15-18-27-20-22-29(23-21-27)30-31-24-28(25-32-30)19-16-13-10-8-9-11-14-17-26(2)3/h20-26H,4-19H2,1-3H3. The average molecular weight is 437 g/mol. The molecule has 2 rings (SSSR count). The first-order chi connectivity index (χ1) is 15.7. The number of aryl methyl sites for hydroxylation is 2. The van der Waals surface area contributed by atoms with E-state index in [0.717, 1.165) is 23.7 Å². The fourth-order valence-electron chi connectivity index (χ4n) is 4.33. The maximum Gasteiger partial charge on any atom is 0.159 e. The second-order valence-corrected chi connectivity index (χ2v) is 10.0. The highest BCUT2D eigenvalue weighted by atomic mass is 14.9. The predicted molar refractivity (Wildman–Crippen MR) is 140 cm³/mol. The maximum absolute atomic E-state index is 4.63. The summed E-state index contributed by atoms with van der Waals surface area (Å²) in [5, 5.41) is 0. The van der Waals surface area contributed by atoms with Gasteiger partial charge < -0.3 is 0 Å². The highest BCUT2D eigenvalue weighted by molar-refractivity contribution is 5.55. The number of rotatable bonds is 18. The minimum atomic E-state index is 0.848. The zero-order chi connectivity index (χ0) is 22.9. The molecule has 0 saturated carbocycles. The van der Waals surface area contributed by atoms with E-state index in [-0.39, 0.29) is 0 Å². The molecule has 0 aliphatic rings. The van der Waals surface area contributed by atoms with Crippen molar-refractivity contribution < 1.29 is 0 Å². The molecular formula is C30H48N2. The Morgan fingerprint density at radius 3 is 1.66 bits per heavy atom. The van der Waals surface area contributed by atoms with Crippen molar-refractivity contribution in [3.63, 3.8) is 0 Å². The van der Waals surface area contributed by atoms with Crippen LogP contribution in [0.3, 0.4) is 0 Å². The Labute approximate surface area is 198 Å². The van der Waals surface area contributed by atoms with Gasteiger partial charge >= 0.3 is 0 Å². The summed E-state index contributed by atoms with van der Waals surface area (Å²) in [6, 6.07) is 8.87. The number of hydrogen-bond donors (Lipinski definition) is 0. The summed E-state index contributed by atoms with van der Waals surface area (Å²) in [6.07, 6.45) is 25.4. The van der Waals surface area contributed by atoms with E-state index in [4.69, 9.17) is 0 Å². The van der Waals surface area contributed by atoms with Crippen molar-refractivity contribution in [3.05, 3.63) is 47.8 Å². The van der Waals surface area contributed by atoms with E-state index in [9.17, 15) is 0 Å². The number of aromatic nitrogens is 2. The van der Waals surface area contributed by atoms with Crippen molar-refractivity contribution in [2.24, 2.45) is 5.92 Å². The molecular weight excluding hydrogens is 388 g/mol. The summed E-state index contributed by atoms with van der Waals surface area (Å²) >= 11 is 0. The second-order valence-electron chi connectivity index (χ2n) is 10.0. The molecule has 0 bridgehead atoms. The third-order valence-corrected chi connectivity index (χ3v) is 6.48. The third-order valence-electron chi connectivity index (χ3n) is 6.48. The normalized spacial score (nSPS) is 11.4. The fraction of sp³-hybridized carbons (Fsp3) is 0.667. The van der Waals surface area contributed by atoms with E-state index in [1.807, 2.05) is 12.4 Å². The van der Waals surface area contributed by atoms with Crippen molar-refractivity contribution in [3.8, 4) is 11.4 Å². The topological polar surface area (TPSA) is 25.8 Å². The van der Waals surface area contributed by atoms with Crippen molar-refractivity contribution in [2.45, 2.75) is 124 Å². The molecule has 0 atom stereocenters. The highest BCUT2D eigenvalue weighted by Gasteiger charge is 2.03. The lowest BCUT2D eigenvalue weighted by Gasteiger charge is -2.06. The molecule has 32 heavy (non-hydrogen) atoms. The summed E-state index contributed by atoms with van der Waals surface area (Å²) in [4.78, 5) is 9.27. The van der Waals surface area contributed by atoms with Crippen LogP contribution in [0.1, 0.15) is 122 Å². The first-order valence-corrected chi connectivity index (χ1v) is 13.6. The lowest BCUT2D eigenvalue weighted by atomic mass is 10.0. The lowest BCUT2D eigenvalue weighted by Crippen LogP contribution is -1.94. The van der Waals surface area contributed by atoms with Crippen LogP contribution in [0, 0.1) is 5.92 Å². The molecule has 2 aromatic rings. The number of unbranched alkanes of at least 4 members (excludes halogenated alkanes) is 11. The highest BCUT2D eigenvalue weighted by Crippen LogP contribution is 2.18. The monoisotopic (exact) mass is 436 g/mol. The van der Waals surface area contributed by atoms with Gasteiger partial charge in [0.2, 0.25) is 0 Å². The quantitative estimate of drug-likeness (QED) is 0.217. The fourth-order valence-corrected chi connectivity index (χ4v) is 4.33. The number of nitrogens with zero attached hydrogens (tertiary/aromatic N) is 2.